The summed E-state index contributed by atoms with van der Waals surface area (Å²) in [5, 5.41) is 3.04. The molecule has 0 radical (unpaired) electrons. The Morgan fingerprint density at radius 2 is 1.84 bits per heavy atom. The summed E-state index contributed by atoms with van der Waals surface area (Å²) in [6.07, 6.45) is 1.90. The SMILES string of the molecule is COC(=O)CCCCN=C(N)Nc1cccc(Oc2ccccc2)c1. The van der Waals surface area contributed by atoms with Gasteiger partial charge in [0.2, 0.25) is 0 Å². The number of carbonyl (C=O) groups is 1. The molecule has 0 aliphatic rings. The number of nitrogens with one attached hydrogen (secondary N) is 1. The Hall–Kier alpha value is -3.02. The molecule has 0 saturated carbocycles. The Bertz CT molecular complexity index is 702. The molecule has 0 aliphatic heterocycles. The summed E-state index contributed by atoms with van der Waals surface area (Å²) in [6, 6.07) is 17.1. The fraction of sp³-hybridized carbons (Fsp3) is 0.263. The number of guanidine groups is 1. The number of nitrogens with two attached hydrogens (primary N) is 1. The zero-order valence-corrected chi connectivity index (χ0v) is 14.3. The maximum Gasteiger partial charge on any atom is 0.305 e. The Kier molecular flexibility index (Phi) is 7.31. The molecule has 0 spiro atoms. The average molecular weight is 341 g/mol. The highest BCUT2D eigenvalue weighted by Crippen LogP contribution is 2.23. The third-order valence-electron chi connectivity index (χ3n) is 3.38. The van der Waals surface area contributed by atoms with E-state index in [0.717, 1.165) is 24.3 Å². The minimum atomic E-state index is -0.203. The number of para-hydroxylation sites is 1. The number of carbonyl (C=O) groups excluding carboxylic acids is 1. The van der Waals surface area contributed by atoms with Crippen molar-refractivity contribution in [1.82, 2.24) is 0 Å². The van der Waals surface area contributed by atoms with Gasteiger partial charge in [-0.3, -0.25) is 9.79 Å². The van der Waals surface area contributed by atoms with Crippen molar-refractivity contribution in [3.63, 3.8) is 0 Å². The number of rotatable bonds is 8. The second kappa shape index (κ2) is 9.97. The van der Waals surface area contributed by atoms with Gasteiger partial charge in [-0.05, 0) is 37.1 Å². The van der Waals surface area contributed by atoms with Crippen molar-refractivity contribution in [2.75, 3.05) is 19.0 Å². The van der Waals surface area contributed by atoms with Gasteiger partial charge in [0.1, 0.15) is 11.5 Å². The summed E-state index contributed by atoms with van der Waals surface area (Å²) in [5.74, 6) is 1.61. The van der Waals surface area contributed by atoms with Crippen LogP contribution >= 0.6 is 0 Å². The van der Waals surface area contributed by atoms with E-state index in [1.807, 2.05) is 54.6 Å². The largest absolute Gasteiger partial charge is 0.469 e. The molecule has 0 atom stereocenters. The van der Waals surface area contributed by atoms with E-state index in [2.05, 4.69) is 15.0 Å². The number of hydrogen-bond acceptors (Lipinski definition) is 4. The minimum Gasteiger partial charge on any atom is -0.469 e. The van der Waals surface area contributed by atoms with Crippen molar-refractivity contribution in [1.29, 1.82) is 0 Å². The highest BCUT2D eigenvalue weighted by molar-refractivity contribution is 5.92. The molecule has 0 unspecified atom stereocenters. The topological polar surface area (TPSA) is 85.9 Å². The van der Waals surface area contributed by atoms with Crippen molar-refractivity contribution >= 4 is 17.6 Å². The van der Waals surface area contributed by atoms with Gasteiger partial charge in [-0.2, -0.15) is 0 Å². The second-order valence-electron chi connectivity index (χ2n) is 5.37. The smallest absolute Gasteiger partial charge is 0.305 e. The number of aliphatic imine (C=N–C) groups is 1. The Labute approximate surface area is 147 Å². The molecule has 3 N–H and O–H groups in total. The molecule has 25 heavy (non-hydrogen) atoms. The normalized spacial score (nSPS) is 11.0. The van der Waals surface area contributed by atoms with E-state index in [1.165, 1.54) is 7.11 Å². The molecule has 0 aliphatic carbocycles. The van der Waals surface area contributed by atoms with Gasteiger partial charge in [-0.1, -0.05) is 24.3 Å². The summed E-state index contributed by atoms with van der Waals surface area (Å²) in [7, 11) is 1.39. The monoisotopic (exact) mass is 341 g/mol. The van der Waals surface area contributed by atoms with Crippen LogP contribution in [0, 0.1) is 0 Å². The highest BCUT2D eigenvalue weighted by Gasteiger charge is 2.01. The van der Waals surface area contributed by atoms with E-state index in [0.29, 0.717) is 24.7 Å². The van der Waals surface area contributed by atoms with Gasteiger partial charge in [0.15, 0.2) is 5.96 Å². The van der Waals surface area contributed by atoms with Crippen LogP contribution in [0.2, 0.25) is 0 Å². The number of nitrogens with zero attached hydrogens (tertiary/aromatic N) is 1. The third kappa shape index (κ3) is 6.95. The van der Waals surface area contributed by atoms with Gasteiger partial charge in [-0.15, -0.1) is 0 Å². The van der Waals surface area contributed by atoms with Crippen LogP contribution in [0.5, 0.6) is 11.5 Å². The van der Waals surface area contributed by atoms with E-state index < -0.39 is 0 Å². The van der Waals surface area contributed by atoms with Crippen molar-refractivity contribution in [2.24, 2.45) is 10.7 Å². The van der Waals surface area contributed by atoms with Crippen LogP contribution in [0.3, 0.4) is 0 Å². The summed E-state index contributed by atoms with van der Waals surface area (Å²) in [6.45, 7) is 0.552. The van der Waals surface area contributed by atoms with Gasteiger partial charge in [-0.25, -0.2) is 0 Å². The summed E-state index contributed by atoms with van der Waals surface area (Å²) in [5.41, 5.74) is 6.68. The quantitative estimate of drug-likeness (QED) is 0.332. The molecular weight excluding hydrogens is 318 g/mol. The molecule has 0 fully saturated rings. The number of benzene rings is 2. The van der Waals surface area contributed by atoms with Gasteiger partial charge < -0.3 is 20.5 Å². The third-order valence-corrected chi connectivity index (χ3v) is 3.38. The fourth-order valence-corrected chi connectivity index (χ4v) is 2.13. The van der Waals surface area contributed by atoms with Crippen LogP contribution < -0.4 is 15.8 Å². The van der Waals surface area contributed by atoms with Crippen molar-refractivity contribution in [2.45, 2.75) is 19.3 Å². The lowest BCUT2D eigenvalue weighted by Gasteiger charge is -2.09. The molecule has 0 amide bonds. The zero-order chi connectivity index (χ0) is 17.9. The molecule has 0 saturated heterocycles. The van der Waals surface area contributed by atoms with Crippen LogP contribution in [0.1, 0.15) is 19.3 Å². The number of anilines is 1. The summed E-state index contributed by atoms with van der Waals surface area (Å²) in [4.78, 5) is 15.3. The lowest BCUT2D eigenvalue weighted by molar-refractivity contribution is -0.140. The molecule has 6 nitrogen and oxygen atoms in total. The zero-order valence-electron chi connectivity index (χ0n) is 14.3. The number of esters is 1. The first kappa shape index (κ1) is 18.3. The minimum absolute atomic E-state index is 0.203. The van der Waals surface area contributed by atoms with Gasteiger partial charge in [0, 0.05) is 24.7 Å². The Balaban J connectivity index is 1.82. The molecule has 0 bridgehead atoms. The second-order valence-corrected chi connectivity index (χ2v) is 5.37. The number of ether oxygens (including phenoxy) is 2. The van der Waals surface area contributed by atoms with Crippen molar-refractivity contribution in [3.05, 3.63) is 54.6 Å². The van der Waals surface area contributed by atoms with Gasteiger partial charge in [0.05, 0.1) is 7.11 Å². The van der Waals surface area contributed by atoms with Crippen LogP contribution in [0.25, 0.3) is 0 Å². The first-order chi connectivity index (χ1) is 12.2. The van der Waals surface area contributed by atoms with Crippen molar-refractivity contribution in [3.8, 4) is 11.5 Å². The maximum atomic E-state index is 11.0. The molecule has 6 heteroatoms. The van der Waals surface area contributed by atoms with Crippen LogP contribution in [-0.4, -0.2) is 25.6 Å². The predicted molar refractivity (Wildman–Crippen MR) is 98.9 cm³/mol. The molecule has 0 aromatic heterocycles. The molecular formula is C19H23N3O3. The maximum absolute atomic E-state index is 11.0. The van der Waals surface area contributed by atoms with Crippen LogP contribution in [0.15, 0.2) is 59.6 Å². The van der Waals surface area contributed by atoms with Crippen LogP contribution in [-0.2, 0) is 9.53 Å². The van der Waals surface area contributed by atoms with E-state index in [1.54, 1.807) is 0 Å². The van der Waals surface area contributed by atoms with E-state index in [-0.39, 0.29) is 5.97 Å². The highest BCUT2D eigenvalue weighted by atomic mass is 16.5. The van der Waals surface area contributed by atoms with Gasteiger partial charge >= 0.3 is 5.97 Å². The molecule has 2 rings (SSSR count). The molecule has 2 aromatic rings. The van der Waals surface area contributed by atoms with Crippen molar-refractivity contribution < 1.29 is 14.3 Å². The molecule has 0 heterocycles. The van der Waals surface area contributed by atoms with E-state index in [4.69, 9.17) is 10.5 Å². The lowest BCUT2D eigenvalue weighted by Crippen LogP contribution is -2.22. The molecule has 2 aromatic carbocycles. The number of unbranched alkanes of at least 4 members (excludes halogenated alkanes) is 1. The van der Waals surface area contributed by atoms with Gasteiger partial charge in [0.25, 0.3) is 0 Å². The summed E-state index contributed by atoms with van der Waals surface area (Å²) < 4.78 is 10.4. The Morgan fingerprint density at radius 1 is 1.08 bits per heavy atom. The first-order valence-corrected chi connectivity index (χ1v) is 8.14. The lowest BCUT2D eigenvalue weighted by atomic mass is 10.2. The standard InChI is InChI=1S/C19H23N3O3/c1-24-18(23)12-5-6-13-21-19(20)22-15-8-7-11-17(14-15)25-16-9-3-2-4-10-16/h2-4,7-11,14H,5-6,12-13H2,1H3,(H3,20,21,22). The van der Waals surface area contributed by atoms with E-state index >= 15 is 0 Å². The number of hydrogen-bond donors (Lipinski definition) is 2. The fourth-order valence-electron chi connectivity index (χ4n) is 2.13. The number of methoxy groups -OCH3 is 1. The summed E-state index contributed by atoms with van der Waals surface area (Å²) >= 11 is 0. The van der Waals surface area contributed by atoms with Crippen LogP contribution in [0.4, 0.5) is 5.69 Å². The Morgan fingerprint density at radius 3 is 2.60 bits per heavy atom. The van der Waals surface area contributed by atoms with E-state index in [9.17, 15) is 4.79 Å². The molecule has 132 valence electrons. The predicted octanol–water partition coefficient (Wildman–Crippen LogP) is 3.55. The first-order valence-electron chi connectivity index (χ1n) is 8.14. The average Bonchev–Trinajstić information content (AvgIpc) is 2.62.